The van der Waals surface area contributed by atoms with Crippen molar-refractivity contribution in [3.8, 4) is 40.6 Å². The van der Waals surface area contributed by atoms with E-state index in [1.807, 2.05) is 0 Å². The summed E-state index contributed by atoms with van der Waals surface area (Å²) in [6.07, 6.45) is 0. The summed E-state index contributed by atoms with van der Waals surface area (Å²) in [5.74, 6) is 5.86. The average Bonchev–Trinajstić information content (AvgIpc) is 2.47. The van der Waals surface area contributed by atoms with Gasteiger partial charge in [-0.25, -0.2) is 0 Å². The number of hydrogen-bond donors (Lipinski definition) is 3. The number of hydrogen-bond acceptors (Lipinski definition) is 5. The topological polar surface area (TPSA) is 79.2 Å². The first-order chi connectivity index (χ1) is 10.0. The van der Waals surface area contributed by atoms with Gasteiger partial charge in [0.2, 0.25) is 0 Å². The Hall–Kier alpha value is -0.273. The Morgan fingerprint density at radius 2 is 1.35 bits per heavy atom. The van der Waals surface area contributed by atoms with E-state index in [1.165, 1.54) is 32.4 Å². The van der Waals surface area contributed by atoms with Gasteiger partial charge in [-0.15, -0.1) is 0 Å². The monoisotopic (exact) mass is 568 g/mol. The maximum atomic E-state index is 9.75. The fourth-order valence-corrected chi connectivity index (χ4v) is 1.72. The summed E-state index contributed by atoms with van der Waals surface area (Å²) in [4.78, 5) is 0. The van der Waals surface area contributed by atoms with Crippen LogP contribution in [-0.2, 0) is 0 Å². The summed E-state index contributed by atoms with van der Waals surface area (Å²) >= 11 is 0. The first-order valence-corrected chi connectivity index (χ1v) is 6.04. The van der Waals surface area contributed by atoms with E-state index in [4.69, 9.17) is 9.47 Å². The molecule has 2 aromatic rings. The van der Waals surface area contributed by atoms with Crippen molar-refractivity contribution >= 4 is 0 Å². The molecule has 114 valence electrons. The van der Waals surface area contributed by atoms with E-state index in [-0.39, 0.29) is 106 Å². The molecule has 0 bridgehead atoms. The molecule has 2 radical (unpaired) electrons. The Kier molecular flexibility index (Phi) is 10.4. The van der Waals surface area contributed by atoms with Crippen LogP contribution in [0.25, 0.3) is 0 Å². The third-order valence-electron chi connectivity index (χ3n) is 2.82. The van der Waals surface area contributed by atoms with Crippen molar-refractivity contribution in [3.63, 3.8) is 0 Å². The van der Waals surface area contributed by atoms with Crippen molar-refractivity contribution in [2.75, 3.05) is 14.2 Å². The fraction of sp³-hybridized carbons (Fsp3) is 0.125. The van der Waals surface area contributed by atoms with E-state index < -0.39 is 0 Å². The van der Waals surface area contributed by atoms with Crippen molar-refractivity contribution in [1.82, 2.24) is 0 Å². The molecule has 2 rings (SSSR count). The minimum atomic E-state index is -0.160. The Bertz CT molecular complexity index is 735. The number of aromatic hydroxyl groups is 3. The standard InChI is InChI=1S/C16H14O5.2Pr/c1-20-15-7-10(4-6-12(15)17)3-5-11-8-16(21-2)14(19)9-13(11)18;;/h4,6-9,17-19H,1-2H3;;. The molecule has 0 spiro atoms. The van der Waals surface area contributed by atoms with Gasteiger partial charge in [-0.05, 0) is 18.2 Å². The van der Waals surface area contributed by atoms with Gasteiger partial charge in [0.15, 0.2) is 23.0 Å². The number of methoxy groups -OCH3 is 2. The number of ether oxygens (including phenoxy) is 2. The molecule has 0 aromatic heterocycles. The third-order valence-corrected chi connectivity index (χ3v) is 2.82. The molecule has 0 aliphatic heterocycles. The Morgan fingerprint density at radius 3 is 1.96 bits per heavy atom. The van der Waals surface area contributed by atoms with E-state index in [0.29, 0.717) is 16.9 Å². The molecule has 0 aliphatic carbocycles. The van der Waals surface area contributed by atoms with Gasteiger partial charge in [0, 0.05) is 100 Å². The van der Waals surface area contributed by atoms with Crippen molar-refractivity contribution < 1.29 is 107 Å². The maximum Gasteiger partial charge on any atom is 0.162 e. The maximum absolute atomic E-state index is 9.75. The molecule has 2 aromatic carbocycles. The summed E-state index contributed by atoms with van der Waals surface area (Å²) in [7, 11) is 2.86. The van der Waals surface area contributed by atoms with Gasteiger partial charge in [0.25, 0.3) is 0 Å². The van der Waals surface area contributed by atoms with Crippen LogP contribution in [0.15, 0.2) is 30.3 Å². The molecular weight excluding hydrogens is 554 g/mol. The Morgan fingerprint density at radius 1 is 0.739 bits per heavy atom. The zero-order valence-corrected chi connectivity index (χ0v) is 20.1. The summed E-state index contributed by atoms with van der Waals surface area (Å²) < 4.78 is 9.96. The number of phenols is 3. The van der Waals surface area contributed by atoms with E-state index in [9.17, 15) is 15.3 Å². The van der Waals surface area contributed by atoms with Gasteiger partial charge in [0.05, 0.1) is 19.8 Å². The van der Waals surface area contributed by atoms with E-state index in [1.54, 1.807) is 12.1 Å². The molecule has 0 amide bonds. The number of benzene rings is 2. The van der Waals surface area contributed by atoms with Crippen LogP contribution < -0.4 is 9.47 Å². The van der Waals surface area contributed by atoms with Gasteiger partial charge < -0.3 is 24.8 Å². The molecule has 0 unspecified atom stereocenters. The van der Waals surface area contributed by atoms with Crippen LogP contribution >= 0.6 is 0 Å². The second-order valence-electron chi connectivity index (χ2n) is 4.18. The van der Waals surface area contributed by atoms with Crippen LogP contribution in [0, 0.1) is 94.4 Å². The Balaban J connectivity index is 0.00000242. The van der Waals surface area contributed by atoms with E-state index in [0.717, 1.165) is 0 Å². The van der Waals surface area contributed by atoms with Crippen molar-refractivity contribution in [1.29, 1.82) is 0 Å². The van der Waals surface area contributed by atoms with E-state index >= 15 is 0 Å². The Labute approximate surface area is 200 Å². The van der Waals surface area contributed by atoms with Gasteiger partial charge >= 0.3 is 0 Å². The summed E-state index contributed by atoms with van der Waals surface area (Å²) in [5, 5.41) is 28.8. The smallest absolute Gasteiger partial charge is 0.162 e. The molecule has 3 N–H and O–H groups in total. The van der Waals surface area contributed by atoms with Crippen LogP contribution in [0.5, 0.6) is 28.7 Å². The zero-order chi connectivity index (χ0) is 15.4. The van der Waals surface area contributed by atoms with Gasteiger partial charge in [-0.1, -0.05) is 11.8 Å². The predicted octanol–water partition coefficient (Wildman–Crippen LogP) is 2.22. The quantitative estimate of drug-likeness (QED) is 0.485. The fourth-order valence-electron chi connectivity index (χ4n) is 1.72. The first-order valence-electron chi connectivity index (χ1n) is 6.04. The van der Waals surface area contributed by atoms with E-state index in [2.05, 4.69) is 11.8 Å². The molecule has 0 fully saturated rings. The van der Waals surface area contributed by atoms with Gasteiger partial charge in [-0.3, -0.25) is 0 Å². The normalized spacial score (nSPS) is 8.78. The van der Waals surface area contributed by atoms with Crippen LogP contribution in [0.4, 0.5) is 0 Å². The number of phenolic OH excluding ortho intramolecular Hbond substituents is 3. The molecule has 0 saturated carbocycles. The largest absolute Gasteiger partial charge is 0.507 e. The molecule has 0 saturated heterocycles. The third kappa shape index (κ3) is 5.94. The van der Waals surface area contributed by atoms with Crippen molar-refractivity contribution in [2.45, 2.75) is 0 Å². The summed E-state index contributed by atoms with van der Waals surface area (Å²) in [6, 6.07) is 7.28. The molecular formula is C16H14O5Pr2. The second-order valence-corrected chi connectivity index (χ2v) is 4.18. The molecule has 0 aliphatic rings. The zero-order valence-electron chi connectivity index (χ0n) is 12.7. The molecule has 0 atom stereocenters. The van der Waals surface area contributed by atoms with Crippen LogP contribution in [0.1, 0.15) is 11.1 Å². The van der Waals surface area contributed by atoms with Crippen LogP contribution in [0.3, 0.4) is 0 Å². The van der Waals surface area contributed by atoms with Crippen LogP contribution in [-0.4, -0.2) is 29.5 Å². The minimum Gasteiger partial charge on any atom is -0.507 e. The molecule has 5 nitrogen and oxygen atoms in total. The van der Waals surface area contributed by atoms with Crippen LogP contribution in [0.2, 0.25) is 0 Å². The van der Waals surface area contributed by atoms with Gasteiger partial charge in [0.1, 0.15) is 5.75 Å². The minimum absolute atomic E-state index is 0. The van der Waals surface area contributed by atoms with Crippen molar-refractivity contribution in [2.24, 2.45) is 0 Å². The molecule has 23 heavy (non-hydrogen) atoms. The van der Waals surface area contributed by atoms with Gasteiger partial charge in [-0.2, -0.15) is 0 Å². The SMILES string of the molecule is COc1cc(C#Cc2cc(OC)c(O)cc2O)ccc1O.[Pr].[Pr]. The second kappa shape index (κ2) is 10.6. The first kappa shape index (κ1) is 22.7. The predicted molar refractivity (Wildman–Crippen MR) is 77.0 cm³/mol. The molecule has 7 heteroatoms. The number of rotatable bonds is 2. The summed E-state index contributed by atoms with van der Waals surface area (Å²) in [5.41, 5.74) is 0.924. The molecule has 0 heterocycles. The summed E-state index contributed by atoms with van der Waals surface area (Å²) in [6.45, 7) is 0. The average molecular weight is 568 g/mol. The van der Waals surface area contributed by atoms with Crippen molar-refractivity contribution in [3.05, 3.63) is 41.5 Å².